The lowest BCUT2D eigenvalue weighted by Gasteiger charge is -2.24. The molecular weight excluding hydrogens is 588 g/mol. The molecule has 11 heteroatoms. The van der Waals surface area contributed by atoms with E-state index in [2.05, 4.69) is 20.6 Å². The number of carbonyl (C=O) groups is 2. The van der Waals surface area contributed by atoms with Gasteiger partial charge >= 0.3 is 0 Å². The van der Waals surface area contributed by atoms with Crippen molar-refractivity contribution in [2.24, 2.45) is 4.99 Å². The molecule has 208 valence electrons. The molecule has 1 unspecified atom stereocenters. The number of anilines is 2. The summed E-state index contributed by atoms with van der Waals surface area (Å²) in [7, 11) is 0. The maximum Gasteiger partial charge on any atom is 0.269 e. The van der Waals surface area contributed by atoms with Crippen LogP contribution >= 0.6 is 34.8 Å². The van der Waals surface area contributed by atoms with Gasteiger partial charge in [-0.2, -0.15) is 0 Å². The first-order chi connectivity index (χ1) is 19.7. The minimum atomic E-state index is -1.41. The fraction of sp³-hybridized carbons (Fsp3) is 0.133. The third-order valence-electron chi connectivity index (χ3n) is 6.43. The average molecular weight is 611 g/mol. The number of hydrogen-bond donors (Lipinski definition) is 2. The van der Waals surface area contributed by atoms with E-state index in [1.807, 2.05) is 42.2 Å². The molecule has 0 spiro atoms. The molecule has 4 aromatic rings. The summed E-state index contributed by atoms with van der Waals surface area (Å²) < 4.78 is 14.4. The largest absolute Gasteiger partial charge is 0.352 e. The number of fused-ring (bicyclic) bond motifs is 1. The number of benzodiazepines with no additional fused rings is 1. The second kappa shape index (κ2) is 12.3. The Morgan fingerprint density at radius 3 is 2.41 bits per heavy atom. The number of aromatic nitrogens is 1. The predicted molar refractivity (Wildman–Crippen MR) is 161 cm³/mol. The number of aliphatic imine (C=N–C) groups is 1. The second-order valence-corrected chi connectivity index (χ2v) is 10.4. The SMILES string of the molecule is CCN(Cc1ccccc1)c1ncc(F)cc1C(=O)NC1N=C(c2c(Cl)cc(Cl)cc2Cl)c2ccccc2NC1=O. The summed E-state index contributed by atoms with van der Waals surface area (Å²) in [6, 6.07) is 20.7. The highest BCUT2D eigenvalue weighted by Gasteiger charge is 2.30. The smallest absolute Gasteiger partial charge is 0.269 e. The lowest BCUT2D eigenvalue weighted by molar-refractivity contribution is -0.117. The highest BCUT2D eigenvalue weighted by atomic mass is 35.5. The van der Waals surface area contributed by atoms with Crippen molar-refractivity contribution < 1.29 is 14.0 Å². The Hall–Kier alpha value is -3.98. The number of carbonyl (C=O) groups excluding carboxylic acids is 2. The molecule has 1 aliphatic rings. The van der Waals surface area contributed by atoms with Gasteiger partial charge < -0.3 is 15.5 Å². The Balaban J connectivity index is 1.54. The molecule has 41 heavy (non-hydrogen) atoms. The summed E-state index contributed by atoms with van der Waals surface area (Å²) >= 11 is 19.2. The first-order valence-corrected chi connectivity index (χ1v) is 13.8. The van der Waals surface area contributed by atoms with Gasteiger partial charge in [-0.25, -0.2) is 14.4 Å². The van der Waals surface area contributed by atoms with E-state index in [0.29, 0.717) is 34.9 Å². The molecule has 2 heterocycles. The summed E-state index contributed by atoms with van der Waals surface area (Å²) in [5, 5.41) is 6.18. The van der Waals surface area contributed by atoms with Crippen LogP contribution in [-0.2, 0) is 11.3 Å². The third kappa shape index (κ3) is 6.20. The standard InChI is InChI=1S/C30H23Cl3FN5O2/c1-2-39(16-17-8-4-3-5-9-17)28-21(14-19(34)15-35-28)29(40)38-27-30(41)36-24-11-7-6-10-20(24)26(37-27)25-22(32)12-18(31)13-23(25)33/h3-15,27H,2,16H2,1H3,(H,36,41)(H,38,40). The van der Waals surface area contributed by atoms with Gasteiger partial charge in [0.25, 0.3) is 11.8 Å². The number of nitrogens with zero attached hydrogens (tertiary/aromatic N) is 3. The van der Waals surface area contributed by atoms with E-state index in [-0.39, 0.29) is 27.1 Å². The molecule has 1 aromatic heterocycles. The number of pyridine rings is 1. The molecule has 0 aliphatic carbocycles. The highest BCUT2D eigenvalue weighted by molar-refractivity contribution is 6.44. The van der Waals surface area contributed by atoms with E-state index in [0.717, 1.165) is 17.8 Å². The fourth-order valence-electron chi connectivity index (χ4n) is 4.52. The van der Waals surface area contributed by atoms with E-state index < -0.39 is 23.8 Å². The van der Waals surface area contributed by atoms with Gasteiger partial charge in [-0.15, -0.1) is 0 Å². The number of halogens is 4. The van der Waals surface area contributed by atoms with Crippen molar-refractivity contribution in [3.8, 4) is 0 Å². The Bertz CT molecular complexity index is 1640. The van der Waals surface area contributed by atoms with Gasteiger partial charge in [0, 0.05) is 29.2 Å². The number of para-hydroxylation sites is 1. The summed E-state index contributed by atoms with van der Waals surface area (Å²) in [5.41, 5.74) is 2.54. The molecule has 0 fully saturated rings. The van der Waals surface area contributed by atoms with Crippen LogP contribution in [0.1, 0.15) is 34.0 Å². The molecule has 1 atom stereocenters. The molecule has 0 saturated carbocycles. The van der Waals surface area contributed by atoms with Crippen molar-refractivity contribution in [1.82, 2.24) is 10.3 Å². The molecule has 0 saturated heterocycles. The van der Waals surface area contributed by atoms with Crippen molar-refractivity contribution in [1.29, 1.82) is 0 Å². The van der Waals surface area contributed by atoms with Gasteiger partial charge in [0.1, 0.15) is 11.6 Å². The topological polar surface area (TPSA) is 86.7 Å². The molecule has 0 bridgehead atoms. The van der Waals surface area contributed by atoms with E-state index in [1.165, 1.54) is 12.1 Å². The first-order valence-electron chi connectivity index (χ1n) is 12.6. The van der Waals surface area contributed by atoms with Crippen LogP contribution in [0.3, 0.4) is 0 Å². The van der Waals surface area contributed by atoms with Crippen molar-refractivity contribution >= 4 is 63.8 Å². The minimum absolute atomic E-state index is 0.0448. The molecule has 3 aromatic carbocycles. The zero-order valence-electron chi connectivity index (χ0n) is 21.7. The van der Waals surface area contributed by atoms with Gasteiger partial charge in [-0.05, 0) is 36.8 Å². The quantitative estimate of drug-likeness (QED) is 0.242. The Kier molecular flexibility index (Phi) is 8.54. The van der Waals surface area contributed by atoms with Gasteiger partial charge in [-0.3, -0.25) is 9.59 Å². The fourth-order valence-corrected chi connectivity index (χ4v) is 5.51. The van der Waals surface area contributed by atoms with E-state index in [9.17, 15) is 14.0 Å². The molecule has 7 nitrogen and oxygen atoms in total. The van der Waals surface area contributed by atoms with Crippen LogP contribution in [0.2, 0.25) is 15.1 Å². The first kappa shape index (κ1) is 28.5. The average Bonchev–Trinajstić information content (AvgIpc) is 3.08. The summed E-state index contributed by atoms with van der Waals surface area (Å²) in [6.07, 6.45) is -0.358. The molecule has 5 rings (SSSR count). The number of nitrogens with one attached hydrogen (secondary N) is 2. The van der Waals surface area contributed by atoms with E-state index in [4.69, 9.17) is 34.8 Å². The maximum absolute atomic E-state index is 14.4. The normalized spacial score (nSPS) is 14.4. The van der Waals surface area contributed by atoms with Crippen molar-refractivity contribution in [2.75, 3.05) is 16.8 Å². The lowest BCUT2D eigenvalue weighted by Crippen LogP contribution is -2.43. The molecular formula is C30H23Cl3FN5O2. The van der Waals surface area contributed by atoms with Crippen LogP contribution in [0.25, 0.3) is 0 Å². The van der Waals surface area contributed by atoms with Crippen LogP contribution in [0.15, 0.2) is 84.0 Å². The Morgan fingerprint density at radius 1 is 1.02 bits per heavy atom. The van der Waals surface area contributed by atoms with Crippen molar-refractivity contribution in [3.63, 3.8) is 0 Å². The van der Waals surface area contributed by atoms with Crippen molar-refractivity contribution in [2.45, 2.75) is 19.6 Å². The molecule has 2 N–H and O–H groups in total. The Labute approximate surface area is 251 Å². The zero-order valence-corrected chi connectivity index (χ0v) is 23.9. The van der Waals surface area contributed by atoms with Gasteiger partial charge in [-0.1, -0.05) is 83.3 Å². The number of rotatable bonds is 7. The van der Waals surface area contributed by atoms with E-state index >= 15 is 0 Å². The van der Waals surface area contributed by atoms with Gasteiger partial charge in [0.2, 0.25) is 6.17 Å². The predicted octanol–water partition coefficient (Wildman–Crippen LogP) is 6.75. The summed E-state index contributed by atoms with van der Waals surface area (Å²) in [4.78, 5) is 37.6. The van der Waals surface area contributed by atoms with Crippen LogP contribution in [-0.4, -0.2) is 35.2 Å². The molecule has 0 radical (unpaired) electrons. The van der Waals surface area contributed by atoms with Gasteiger partial charge in [0.05, 0.1) is 33.2 Å². The molecule has 1 aliphatic heterocycles. The number of benzene rings is 3. The van der Waals surface area contributed by atoms with Crippen LogP contribution in [0, 0.1) is 5.82 Å². The lowest BCUT2D eigenvalue weighted by atomic mass is 10.0. The van der Waals surface area contributed by atoms with Crippen LogP contribution in [0.5, 0.6) is 0 Å². The van der Waals surface area contributed by atoms with Crippen molar-refractivity contribution in [3.05, 3.63) is 122 Å². The zero-order chi connectivity index (χ0) is 29.1. The number of hydrogen-bond acceptors (Lipinski definition) is 5. The maximum atomic E-state index is 14.4. The third-order valence-corrected chi connectivity index (χ3v) is 7.25. The highest BCUT2D eigenvalue weighted by Crippen LogP contribution is 2.34. The van der Waals surface area contributed by atoms with Crippen LogP contribution < -0.4 is 15.5 Å². The molecule has 2 amide bonds. The summed E-state index contributed by atoms with van der Waals surface area (Å²) in [6.45, 7) is 2.83. The Morgan fingerprint density at radius 2 is 1.71 bits per heavy atom. The minimum Gasteiger partial charge on any atom is -0.352 e. The monoisotopic (exact) mass is 609 g/mol. The van der Waals surface area contributed by atoms with Gasteiger partial charge in [0.15, 0.2) is 0 Å². The number of amides is 2. The van der Waals surface area contributed by atoms with Crippen LogP contribution in [0.4, 0.5) is 15.9 Å². The second-order valence-electron chi connectivity index (χ2n) is 9.16. The van der Waals surface area contributed by atoms with E-state index in [1.54, 1.807) is 24.3 Å². The summed E-state index contributed by atoms with van der Waals surface area (Å²) in [5.74, 6) is -1.78.